The maximum Gasteiger partial charge on any atom is -0.0103 e. The van der Waals surface area contributed by atoms with Crippen molar-refractivity contribution in [1.29, 1.82) is 0 Å². The highest BCUT2D eigenvalue weighted by Gasteiger charge is 2.17. The maximum atomic E-state index is 2.26. The molecule has 0 heterocycles. The number of hydrogen-bond donors (Lipinski definition) is 0. The Morgan fingerprint density at radius 3 is 1.78 bits per heavy atom. The largest absolute Gasteiger partial charge is 0.0666 e. The quantitative estimate of drug-likeness (QED) is 0.504. The van der Waals surface area contributed by atoms with E-state index in [1.807, 2.05) is 0 Å². The van der Waals surface area contributed by atoms with Gasteiger partial charge in [0.05, 0.1) is 0 Å². The van der Waals surface area contributed by atoms with E-state index in [2.05, 4.69) is 13.8 Å². The van der Waals surface area contributed by atoms with Crippen molar-refractivity contribution in [1.82, 2.24) is 0 Å². The zero-order valence-electron chi connectivity index (χ0n) is 6.54. The molecule has 0 aromatic heterocycles. The molecule has 0 nitrogen and oxygen atoms in total. The van der Waals surface area contributed by atoms with E-state index < -0.39 is 0 Å². The molecule has 0 aromatic carbocycles. The number of hydrogen-bond acceptors (Lipinski definition) is 0. The molecule has 1 aliphatic carbocycles. The third kappa shape index (κ3) is 1.85. The van der Waals surface area contributed by atoms with Gasteiger partial charge < -0.3 is 0 Å². The first kappa shape index (κ1) is 6.85. The van der Waals surface area contributed by atoms with E-state index in [1.54, 1.807) is 11.1 Å². The normalized spacial score (nSPS) is 16.7. The van der Waals surface area contributed by atoms with Crippen molar-refractivity contribution >= 4 is 0 Å². The monoisotopic (exact) mass is 124 g/mol. The molecule has 0 fully saturated rings. The Kier molecular flexibility index (Phi) is 2.32. The van der Waals surface area contributed by atoms with Crippen LogP contribution in [0.2, 0.25) is 0 Å². The summed E-state index contributed by atoms with van der Waals surface area (Å²) < 4.78 is 0. The molecule has 1 aliphatic rings. The lowest BCUT2D eigenvalue weighted by Crippen LogP contribution is -1.62. The van der Waals surface area contributed by atoms with E-state index in [4.69, 9.17) is 0 Å². The fraction of sp³-hybridized carbons (Fsp3) is 0.778. The van der Waals surface area contributed by atoms with Crippen molar-refractivity contribution in [3.63, 3.8) is 0 Å². The second kappa shape index (κ2) is 3.05. The standard InChI is InChI=1S/C9H16/c1-3-5-8-7-9(8)6-4-2/h3-7H2,1-2H3. The third-order valence-electron chi connectivity index (χ3n) is 1.91. The van der Waals surface area contributed by atoms with Gasteiger partial charge in [-0.2, -0.15) is 0 Å². The Balaban J connectivity index is 2.15. The molecule has 0 aliphatic heterocycles. The molecule has 0 unspecified atom stereocenters. The third-order valence-corrected chi connectivity index (χ3v) is 1.91. The van der Waals surface area contributed by atoms with Gasteiger partial charge in [-0.1, -0.05) is 37.8 Å². The minimum absolute atomic E-state index is 1.34. The highest BCUT2D eigenvalue weighted by molar-refractivity contribution is 5.34. The molecular weight excluding hydrogens is 108 g/mol. The van der Waals surface area contributed by atoms with E-state index in [-0.39, 0.29) is 0 Å². The van der Waals surface area contributed by atoms with Gasteiger partial charge in [0.15, 0.2) is 0 Å². The van der Waals surface area contributed by atoms with Crippen LogP contribution in [-0.4, -0.2) is 0 Å². The van der Waals surface area contributed by atoms with Crippen molar-refractivity contribution in [2.24, 2.45) is 0 Å². The van der Waals surface area contributed by atoms with Gasteiger partial charge in [-0.25, -0.2) is 0 Å². The summed E-state index contributed by atoms with van der Waals surface area (Å²) in [5, 5.41) is 0. The van der Waals surface area contributed by atoms with Crippen LogP contribution in [0.4, 0.5) is 0 Å². The van der Waals surface area contributed by atoms with Gasteiger partial charge in [0, 0.05) is 0 Å². The van der Waals surface area contributed by atoms with Gasteiger partial charge in [0.25, 0.3) is 0 Å². The Labute approximate surface area is 58.0 Å². The van der Waals surface area contributed by atoms with Gasteiger partial charge in [-0.3, -0.25) is 0 Å². The van der Waals surface area contributed by atoms with Crippen LogP contribution in [-0.2, 0) is 0 Å². The Hall–Kier alpha value is -0.260. The summed E-state index contributed by atoms with van der Waals surface area (Å²) >= 11 is 0. The van der Waals surface area contributed by atoms with E-state index in [0.29, 0.717) is 0 Å². The first-order valence-corrected chi connectivity index (χ1v) is 4.08. The summed E-state index contributed by atoms with van der Waals surface area (Å²) in [5.74, 6) is 0. The average molecular weight is 124 g/mol. The van der Waals surface area contributed by atoms with Crippen LogP contribution < -0.4 is 0 Å². The first-order valence-electron chi connectivity index (χ1n) is 4.08. The lowest BCUT2D eigenvalue weighted by atomic mass is 10.2. The first-order chi connectivity index (χ1) is 4.38. The molecule has 0 bridgehead atoms. The highest BCUT2D eigenvalue weighted by Crippen LogP contribution is 2.37. The van der Waals surface area contributed by atoms with Gasteiger partial charge in [-0.15, -0.1) is 0 Å². The number of rotatable bonds is 4. The summed E-state index contributed by atoms with van der Waals surface area (Å²) in [7, 11) is 0. The van der Waals surface area contributed by atoms with Crippen LogP contribution >= 0.6 is 0 Å². The van der Waals surface area contributed by atoms with Crippen molar-refractivity contribution in [2.45, 2.75) is 46.0 Å². The molecule has 1 rings (SSSR count). The molecule has 0 aromatic rings. The van der Waals surface area contributed by atoms with Gasteiger partial charge >= 0.3 is 0 Å². The average Bonchev–Trinajstić information content (AvgIpc) is 2.50. The minimum Gasteiger partial charge on any atom is -0.0666 e. The molecular formula is C9H16. The van der Waals surface area contributed by atoms with Crippen LogP contribution in [0.1, 0.15) is 46.0 Å². The Bertz CT molecular complexity index is 106. The van der Waals surface area contributed by atoms with Gasteiger partial charge in [-0.05, 0) is 19.3 Å². The summed E-state index contributed by atoms with van der Waals surface area (Å²) in [6.07, 6.45) is 6.79. The van der Waals surface area contributed by atoms with E-state index in [9.17, 15) is 0 Å². The summed E-state index contributed by atoms with van der Waals surface area (Å²) in [6, 6.07) is 0. The van der Waals surface area contributed by atoms with E-state index in [0.717, 1.165) is 0 Å². The lowest BCUT2D eigenvalue weighted by molar-refractivity contribution is 0.921. The van der Waals surface area contributed by atoms with Crippen LogP contribution in [0.3, 0.4) is 0 Å². The minimum atomic E-state index is 1.34. The lowest BCUT2D eigenvalue weighted by Gasteiger charge is -1.82. The van der Waals surface area contributed by atoms with E-state index in [1.165, 1.54) is 32.1 Å². The molecule has 9 heavy (non-hydrogen) atoms. The zero-order valence-corrected chi connectivity index (χ0v) is 6.54. The van der Waals surface area contributed by atoms with Crippen molar-refractivity contribution < 1.29 is 0 Å². The molecule has 52 valence electrons. The highest BCUT2D eigenvalue weighted by atomic mass is 14.2. The van der Waals surface area contributed by atoms with E-state index >= 15 is 0 Å². The van der Waals surface area contributed by atoms with Crippen molar-refractivity contribution in [3.8, 4) is 0 Å². The van der Waals surface area contributed by atoms with Crippen LogP contribution in [0, 0.1) is 0 Å². The molecule has 0 radical (unpaired) electrons. The predicted molar refractivity (Wildman–Crippen MR) is 41.5 cm³/mol. The fourth-order valence-electron chi connectivity index (χ4n) is 1.35. The molecule has 0 atom stereocenters. The van der Waals surface area contributed by atoms with Gasteiger partial charge in [0.1, 0.15) is 0 Å². The predicted octanol–water partition coefficient (Wildman–Crippen LogP) is 3.29. The number of allylic oxidation sites excluding steroid dienone is 2. The van der Waals surface area contributed by atoms with Crippen LogP contribution in [0.25, 0.3) is 0 Å². The molecule has 0 spiro atoms. The fourth-order valence-corrected chi connectivity index (χ4v) is 1.35. The maximum absolute atomic E-state index is 2.26. The SMILES string of the molecule is CCCC1=C(CCC)C1. The topological polar surface area (TPSA) is 0 Å². The Morgan fingerprint density at radius 2 is 1.44 bits per heavy atom. The molecule has 0 saturated heterocycles. The zero-order chi connectivity index (χ0) is 6.69. The molecule has 0 heteroatoms. The molecule has 0 amide bonds. The molecule has 0 N–H and O–H groups in total. The molecule has 0 saturated carbocycles. The Morgan fingerprint density at radius 1 is 1.00 bits per heavy atom. The van der Waals surface area contributed by atoms with Gasteiger partial charge in [0.2, 0.25) is 0 Å². The second-order valence-corrected chi connectivity index (χ2v) is 2.88. The summed E-state index contributed by atoms with van der Waals surface area (Å²) in [5.41, 5.74) is 3.53. The summed E-state index contributed by atoms with van der Waals surface area (Å²) in [6.45, 7) is 4.52. The van der Waals surface area contributed by atoms with Crippen LogP contribution in [0.15, 0.2) is 11.1 Å². The summed E-state index contributed by atoms with van der Waals surface area (Å²) in [4.78, 5) is 0. The second-order valence-electron chi connectivity index (χ2n) is 2.88. The van der Waals surface area contributed by atoms with Crippen molar-refractivity contribution in [3.05, 3.63) is 11.1 Å². The van der Waals surface area contributed by atoms with Crippen molar-refractivity contribution in [2.75, 3.05) is 0 Å². The smallest absolute Gasteiger partial charge is 0.0103 e. The van der Waals surface area contributed by atoms with Crippen LogP contribution in [0.5, 0.6) is 0 Å².